The number of hydrogen-bond donors (Lipinski definition) is 1. The number of aliphatic hydroxyl groups is 1. The molecule has 1 heterocycles. The lowest BCUT2D eigenvalue weighted by atomic mass is 10.3. The van der Waals surface area contributed by atoms with E-state index in [9.17, 15) is 4.79 Å². The first kappa shape index (κ1) is 15.2. The first-order valence-electron chi connectivity index (χ1n) is 6.39. The molecule has 18 heavy (non-hydrogen) atoms. The van der Waals surface area contributed by atoms with E-state index in [1.807, 2.05) is 23.8 Å². The maximum absolute atomic E-state index is 12.4. The van der Waals surface area contributed by atoms with Gasteiger partial charge in [0.2, 0.25) is 0 Å². The van der Waals surface area contributed by atoms with Crippen LogP contribution in [0.4, 0.5) is 0 Å². The number of halogens is 1. The van der Waals surface area contributed by atoms with Crippen LogP contribution in [0.3, 0.4) is 0 Å². The van der Waals surface area contributed by atoms with Crippen molar-refractivity contribution in [1.29, 1.82) is 0 Å². The van der Waals surface area contributed by atoms with Gasteiger partial charge in [-0.3, -0.25) is 4.79 Å². The Morgan fingerprint density at radius 1 is 1.44 bits per heavy atom. The third-order valence-corrected chi connectivity index (χ3v) is 3.30. The van der Waals surface area contributed by atoms with E-state index in [0.29, 0.717) is 18.8 Å². The van der Waals surface area contributed by atoms with Crippen molar-refractivity contribution in [3.05, 3.63) is 22.4 Å². The van der Waals surface area contributed by atoms with Crippen molar-refractivity contribution in [2.75, 3.05) is 19.7 Å². The Balaban J connectivity index is 2.86. The Morgan fingerprint density at radius 3 is 2.72 bits per heavy atom. The van der Waals surface area contributed by atoms with Gasteiger partial charge in [0.15, 0.2) is 0 Å². The molecule has 0 bridgehead atoms. The van der Waals surface area contributed by atoms with Crippen LogP contribution in [0.1, 0.15) is 37.2 Å². The number of aryl methyl sites for hydroxylation is 1. The number of carbonyl (C=O) groups excluding carboxylic acids is 1. The minimum Gasteiger partial charge on any atom is -0.395 e. The van der Waals surface area contributed by atoms with Gasteiger partial charge in [-0.1, -0.05) is 13.3 Å². The fraction of sp³-hybridized carbons (Fsp3) is 0.615. The summed E-state index contributed by atoms with van der Waals surface area (Å²) >= 11 is 3.39. The van der Waals surface area contributed by atoms with Crippen molar-refractivity contribution in [2.45, 2.75) is 33.2 Å². The molecule has 0 aliphatic carbocycles. The predicted octanol–water partition coefficient (Wildman–Crippen LogP) is 2.51. The summed E-state index contributed by atoms with van der Waals surface area (Å²) in [6, 6.07) is 1.84. The summed E-state index contributed by atoms with van der Waals surface area (Å²) in [7, 11) is 0. The third kappa shape index (κ3) is 3.85. The standard InChI is InChI=1S/C13H21BrN2O2/c1-3-5-6-16(7-8-17)13(18)12-9-11(14)10-15(12)4-2/h9-10,17H,3-8H2,1-2H3. The van der Waals surface area contributed by atoms with Crippen LogP contribution in [0.25, 0.3) is 0 Å². The van der Waals surface area contributed by atoms with Gasteiger partial charge < -0.3 is 14.6 Å². The van der Waals surface area contributed by atoms with Gasteiger partial charge in [-0.05, 0) is 35.3 Å². The zero-order valence-electron chi connectivity index (χ0n) is 11.0. The van der Waals surface area contributed by atoms with Crippen molar-refractivity contribution in [3.8, 4) is 0 Å². The molecule has 1 amide bonds. The number of carbonyl (C=O) groups is 1. The van der Waals surface area contributed by atoms with Gasteiger partial charge in [-0.15, -0.1) is 0 Å². The second-order valence-electron chi connectivity index (χ2n) is 4.20. The largest absolute Gasteiger partial charge is 0.395 e. The number of aliphatic hydroxyl groups excluding tert-OH is 1. The highest BCUT2D eigenvalue weighted by Crippen LogP contribution is 2.17. The number of nitrogens with zero attached hydrogens (tertiary/aromatic N) is 2. The molecule has 0 saturated heterocycles. The zero-order valence-corrected chi connectivity index (χ0v) is 12.6. The molecule has 4 nitrogen and oxygen atoms in total. The SMILES string of the molecule is CCCCN(CCO)C(=O)c1cc(Br)cn1CC. The first-order valence-corrected chi connectivity index (χ1v) is 7.19. The molecule has 1 rings (SSSR count). The minimum atomic E-state index is -0.00921. The van der Waals surface area contributed by atoms with Crippen LogP contribution in [0.15, 0.2) is 16.7 Å². The molecule has 0 saturated carbocycles. The number of amides is 1. The number of aromatic nitrogens is 1. The van der Waals surface area contributed by atoms with Gasteiger partial charge >= 0.3 is 0 Å². The molecule has 5 heteroatoms. The molecule has 0 aromatic carbocycles. The van der Waals surface area contributed by atoms with E-state index in [1.54, 1.807) is 4.90 Å². The minimum absolute atomic E-state index is 0.00343. The Labute approximate surface area is 117 Å². The molecule has 1 aromatic rings. The smallest absolute Gasteiger partial charge is 0.270 e. The van der Waals surface area contributed by atoms with Crippen molar-refractivity contribution < 1.29 is 9.90 Å². The van der Waals surface area contributed by atoms with E-state index in [1.165, 1.54) is 0 Å². The number of unbranched alkanes of at least 4 members (excludes halogenated alkanes) is 1. The lowest BCUT2D eigenvalue weighted by molar-refractivity contribution is 0.0708. The van der Waals surface area contributed by atoms with Crippen molar-refractivity contribution in [1.82, 2.24) is 9.47 Å². The Hall–Kier alpha value is -0.810. The molecule has 1 aromatic heterocycles. The van der Waals surface area contributed by atoms with Crippen LogP contribution in [0.2, 0.25) is 0 Å². The van der Waals surface area contributed by atoms with Gasteiger partial charge in [-0.2, -0.15) is 0 Å². The second-order valence-corrected chi connectivity index (χ2v) is 5.11. The summed E-state index contributed by atoms with van der Waals surface area (Å²) in [5.74, 6) is -0.00921. The summed E-state index contributed by atoms with van der Waals surface area (Å²) in [6.07, 6.45) is 3.90. The summed E-state index contributed by atoms with van der Waals surface area (Å²) in [6.45, 7) is 5.95. The van der Waals surface area contributed by atoms with Gasteiger partial charge in [0.05, 0.1) is 6.61 Å². The lowest BCUT2D eigenvalue weighted by Gasteiger charge is -2.22. The number of rotatable bonds is 7. The molecule has 0 aliphatic rings. The van der Waals surface area contributed by atoms with Crippen LogP contribution in [0.5, 0.6) is 0 Å². The molecular weight excluding hydrogens is 296 g/mol. The molecule has 0 spiro atoms. The first-order chi connectivity index (χ1) is 8.63. The summed E-state index contributed by atoms with van der Waals surface area (Å²) < 4.78 is 2.83. The van der Waals surface area contributed by atoms with Gasteiger partial charge in [-0.25, -0.2) is 0 Å². The summed E-state index contributed by atoms with van der Waals surface area (Å²) in [4.78, 5) is 14.1. The van der Waals surface area contributed by atoms with E-state index >= 15 is 0 Å². The van der Waals surface area contributed by atoms with E-state index in [2.05, 4.69) is 22.9 Å². The van der Waals surface area contributed by atoms with E-state index in [-0.39, 0.29) is 12.5 Å². The quantitative estimate of drug-likeness (QED) is 0.840. The van der Waals surface area contributed by atoms with Crippen molar-refractivity contribution >= 4 is 21.8 Å². The van der Waals surface area contributed by atoms with Gasteiger partial charge in [0.1, 0.15) is 5.69 Å². The second kappa shape index (κ2) is 7.59. The van der Waals surface area contributed by atoms with Crippen LogP contribution in [0, 0.1) is 0 Å². The summed E-state index contributed by atoms with van der Waals surface area (Å²) in [5, 5.41) is 9.05. The monoisotopic (exact) mass is 316 g/mol. The fourth-order valence-corrected chi connectivity index (χ4v) is 2.33. The Morgan fingerprint density at radius 2 is 2.17 bits per heavy atom. The highest BCUT2D eigenvalue weighted by Gasteiger charge is 2.18. The van der Waals surface area contributed by atoms with Gasteiger partial charge in [0.25, 0.3) is 5.91 Å². The van der Waals surface area contributed by atoms with Crippen LogP contribution in [-0.4, -0.2) is 40.2 Å². The molecule has 0 fully saturated rings. The van der Waals surface area contributed by atoms with Crippen LogP contribution in [-0.2, 0) is 6.54 Å². The zero-order chi connectivity index (χ0) is 13.5. The Kier molecular flexibility index (Phi) is 6.43. The molecule has 102 valence electrons. The molecule has 0 atom stereocenters. The van der Waals surface area contributed by atoms with E-state index in [0.717, 1.165) is 23.9 Å². The normalized spacial score (nSPS) is 10.7. The van der Waals surface area contributed by atoms with E-state index in [4.69, 9.17) is 5.11 Å². The summed E-state index contributed by atoms with van der Waals surface area (Å²) in [5.41, 5.74) is 0.675. The maximum atomic E-state index is 12.4. The molecule has 0 unspecified atom stereocenters. The van der Waals surface area contributed by atoms with Crippen LogP contribution >= 0.6 is 15.9 Å². The lowest BCUT2D eigenvalue weighted by Crippen LogP contribution is -2.35. The third-order valence-electron chi connectivity index (χ3n) is 2.86. The average Bonchev–Trinajstić information content (AvgIpc) is 2.75. The Bertz CT molecular complexity index is 390. The maximum Gasteiger partial charge on any atom is 0.270 e. The molecule has 1 N–H and O–H groups in total. The fourth-order valence-electron chi connectivity index (χ4n) is 1.86. The highest BCUT2D eigenvalue weighted by atomic mass is 79.9. The average molecular weight is 317 g/mol. The van der Waals surface area contributed by atoms with Crippen LogP contribution < -0.4 is 0 Å². The molecular formula is C13H21BrN2O2. The van der Waals surface area contributed by atoms with Crippen molar-refractivity contribution in [2.24, 2.45) is 0 Å². The highest BCUT2D eigenvalue weighted by molar-refractivity contribution is 9.10. The molecule has 0 radical (unpaired) electrons. The van der Waals surface area contributed by atoms with Crippen molar-refractivity contribution in [3.63, 3.8) is 0 Å². The topological polar surface area (TPSA) is 45.5 Å². The van der Waals surface area contributed by atoms with E-state index < -0.39 is 0 Å². The molecule has 0 aliphatic heterocycles. The predicted molar refractivity (Wildman–Crippen MR) is 75.7 cm³/mol. The van der Waals surface area contributed by atoms with Gasteiger partial charge in [0, 0.05) is 30.3 Å². The number of hydrogen-bond acceptors (Lipinski definition) is 2.